The highest BCUT2D eigenvalue weighted by atomic mass is 32.2. The molecule has 0 radical (unpaired) electrons. The van der Waals surface area contributed by atoms with Crippen molar-refractivity contribution in [2.75, 3.05) is 12.3 Å². The van der Waals surface area contributed by atoms with Gasteiger partial charge in [0.2, 0.25) is 0 Å². The number of imide groups is 1. The number of fused-ring (bicyclic) bond motifs is 1. The minimum Gasteiger partial charge on any atom is -0.269 e. The van der Waals surface area contributed by atoms with Gasteiger partial charge in [-0.25, -0.2) is 0 Å². The number of nitrogens with zero attached hydrogens (tertiary/aromatic N) is 1. The van der Waals surface area contributed by atoms with E-state index in [1.54, 1.807) is 36.0 Å². The first-order valence-corrected chi connectivity index (χ1v) is 6.53. The van der Waals surface area contributed by atoms with Gasteiger partial charge in [0.15, 0.2) is 0 Å². The first kappa shape index (κ1) is 10.6. The van der Waals surface area contributed by atoms with Crippen LogP contribution in [-0.2, 0) is 0 Å². The second-order valence-corrected chi connectivity index (χ2v) is 5.27. The van der Waals surface area contributed by atoms with Crippen molar-refractivity contribution >= 4 is 23.6 Å². The molecule has 2 amide bonds. The van der Waals surface area contributed by atoms with Gasteiger partial charge < -0.3 is 0 Å². The molecule has 0 aromatic heterocycles. The Morgan fingerprint density at radius 1 is 1.12 bits per heavy atom. The van der Waals surface area contributed by atoms with Crippen LogP contribution in [0.1, 0.15) is 27.1 Å². The van der Waals surface area contributed by atoms with E-state index in [1.807, 2.05) is 0 Å². The molecule has 4 heteroatoms. The predicted molar refractivity (Wildman–Crippen MR) is 67.0 cm³/mol. The van der Waals surface area contributed by atoms with Gasteiger partial charge >= 0.3 is 0 Å². The average molecular weight is 245 g/mol. The van der Waals surface area contributed by atoms with Crippen LogP contribution >= 0.6 is 11.8 Å². The molecular weight excluding hydrogens is 234 g/mol. The molecule has 2 aliphatic rings. The van der Waals surface area contributed by atoms with Gasteiger partial charge in [0, 0.05) is 10.7 Å². The second-order valence-electron chi connectivity index (χ2n) is 4.05. The Labute approximate surface area is 103 Å². The first-order chi connectivity index (χ1) is 8.27. The van der Waals surface area contributed by atoms with Crippen molar-refractivity contribution in [2.45, 2.75) is 6.42 Å². The maximum atomic E-state index is 12.1. The largest absolute Gasteiger partial charge is 0.269 e. The summed E-state index contributed by atoms with van der Waals surface area (Å²) in [5.74, 6) is 0.719. The summed E-state index contributed by atoms with van der Waals surface area (Å²) in [7, 11) is 0. The quantitative estimate of drug-likeness (QED) is 0.750. The maximum absolute atomic E-state index is 12.1. The zero-order chi connectivity index (χ0) is 11.8. The Bertz CT molecular complexity index is 501. The molecule has 2 heterocycles. The van der Waals surface area contributed by atoms with Crippen LogP contribution in [0.15, 0.2) is 35.2 Å². The fourth-order valence-corrected chi connectivity index (χ4v) is 3.07. The highest BCUT2D eigenvalue weighted by Gasteiger charge is 2.35. The van der Waals surface area contributed by atoms with Gasteiger partial charge in [0.1, 0.15) is 0 Å². The lowest BCUT2D eigenvalue weighted by Gasteiger charge is -2.13. The smallest absolute Gasteiger partial charge is 0.261 e. The minimum absolute atomic E-state index is 0.168. The molecule has 0 fully saturated rings. The van der Waals surface area contributed by atoms with E-state index >= 15 is 0 Å². The lowest BCUT2D eigenvalue weighted by molar-refractivity contribution is 0.0671. The topological polar surface area (TPSA) is 37.4 Å². The Hall–Kier alpha value is -1.55. The van der Waals surface area contributed by atoms with Gasteiger partial charge in [-0.2, -0.15) is 0 Å². The number of carbonyl (C=O) groups excluding carboxylic acids is 2. The summed E-state index contributed by atoms with van der Waals surface area (Å²) < 4.78 is 0. The van der Waals surface area contributed by atoms with Crippen molar-refractivity contribution in [1.29, 1.82) is 0 Å². The normalized spacial score (nSPS) is 18.6. The number of hydrogen-bond acceptors (Lipinski definition) is 3. The zero-order valence-electron chi connectivity index (χ0n) is 9.18. The molecule has 0 bridgehead atoms. The third-order valence-electron chi connectivity index (χ3n) is 2.97. The molecule has 1 aromatic carbocycles. The number of amides is 2. The highest BCUT2D eigenvalue weighted by Crippen LogP contribution is 2.29. The first-order valence-electron chi connectivity index (χ1n) is 5.54. The lowest BCUT2D eigenvalue weighted by atomic mass is 10.1. The molecule has 3 nitrogen and oxygen atoms in total. The third kappa shape index (κ3) is 1.69. The van der Waals surface area contributed by atoms with Crippen LogP contribution in [0, 0.1) is 0 Å². The van der Waals surface area contributed by atoms with Crippen LogP contribution in [0.5, 0.6) is 0 Å². The molecule has 0 spiro atoms. The Morgan fingerprint density at radius 2 is 1.76 bits per heavy atom. The minimum atomic E-state index is -0.168. The standard InChI is InChI=1S/C13H11NO2S/c15-12-10-5-1-2-6-11(10)13(16)14(12)8-9-4-3-7-17-9/h1-2,4-6H,3,7-8H2. The van der Waals surface area contributed by atoms with Crippen LogP contribution < -0.4 is 0 Å². The summed E-state index contributed by atoms with van der Waals surface area (Å²) in [6.07, 6.45) is 3.14. The molecule has 0 unspecified atom stereocenters. The second kappa shape index (κ2) is 4.04. The molecule has 0 N–H and O–H groups in total. The molecule has 0 saturated carbocycles. The molecule has 1 aromatic rings. The van der Waals surface area contributed by atoms with E-state index in [1.165, 1.54) is 4.90 Å². The van der Waals surface area contributed by atoms with Gasteiger partial charge in [-0.1, -0.05) is 18.2 Å². The van der Waals surface area contributed by atoms with Crippen LogP contribution in [0.4, 0.5) is 0 Å². The molecule has 0 saturated heterocycles. The van der Waals surface area contributed by atoms with Gasteiger partial charge in [0.05, 0.1) is 17.7 Å². The SMILES string of the molecule is O=C1c2ccccc2C(=O)N1CC1=CCCS1. The molecular formula is C13H11NO2S. The Balaban J connectivity index is 1.90. The van der Waals surface area contributed by atoms with E-state index in [9.17, 15) is 9.59 Å². The Kier molecular flexibility index (Phi) is 2.52. The number of allylic oxidation sites excluding steroid dienone is 1. The summed E-state index contributed by atoms with van der Waals surface area (Å²) in [5, 5.41) is 0. The molecule has 86 valence electrons. The van der Waals surface area contributed by atoms with Crippen molar-refractivity contribution in [3.63, 3.8) is 0 Å². The number of benzene rings is 1. The number of thioether (sulfide) groups is 1. The van der Waals surface area contributed by atoms with Crippen LogP contribution in [0.3, 0.4) is 0 Å². The van der Waals surface area contributed by atoms with E-state index in [-0.39, 0.29) is 11.8 Å². The van der Waals surface area contributed by atoms with E-state index in [0.717, 1.165) is 17.1 Å². The number of hydrogen-bond donors (Lipinski definition) is 0. The molecule has 17 heavy (non-hydrogen) atoms. The van der Waals surface area contributed by atoms with Crippen molar-refractivity contribution in [3.05, 3.63) is 46.4 Å². The van der Waals surface area contributed by atoms with Crippen molar-refractivity contribution in [2.24, 2.45) is 0 Å². The fraction of sp³-hybridized carbons (Fsp3) is 0.231. The lowest BCUT2D eigenvalue weighted by Crippen LogP contribution is -2.31. The summed E-state index contributed by atoms with van der Waals surface area (Å²) >= 11 is 1.73. The molecule has 2 aliphatic heterocycles. The Morgan fingerprint density at radius 3 is 2.29 bits per heavy atom. The predicted octanol–water partition coefficient (Wildman–Crippen LogP) is 2.30. The summed E-state index contributed by atoms with van der Waals surface area (Å²) in [5.41, 5.74) is 1.06. The third-order valence-corrected chi connectivity index (χ3v) is 4.08. The van der Waals surface area contributed by atoms with Crippen LogP contribution in [0.25, 0.3) is 0 Å². The summed E-state index contributed by atoms with van der Waals surface area (Å²) in [6.45, 7) is 0.428. The summed E-state index contributed by atoms with van der Waals surface area (Å²) in [6, 6.07) is 7.01. The number of rotatable bonds is 2. The van der Waals surface area contributed by atoms with Gasteiger partial charge in [0.25, 0.3) is 11.8 Å². The fourth-order valence-electron chi connectivity index (χ4n) is 2.12. The average Bonchev–Trinajstić information content (AvgIpc) is 2.94. The van der Waals surface area contributed by atoms with Gasteiger partial charge in [-0.15, -0.1) is 11.8 Å². The number of carbonyl (C=O) groups is 2. The zero-order valence-corrected chi connectivity index (χ0v) is 10.00. The van der Waals surface area contributed by atoms with Crippen molar-refractivity contribution < 1.29 is 9.59 Å². The van der Waals surface area contributed by atoms with E-state index in [2.05, 4.69) is 6.08 Å². The summed E-state index contributed by atoms with van der Waals surface area (Å²) in [4.78, 5) is 26.6. The van der Waals surface area contributed by atoms with Crippen molar-refractivity contribution in [3.8, 4) is 0 Å². The van der Waals surface area contributed by atoms with Crippen LogP contribution in [-0.4, -0.2) is 29.0 Å². The molecule has 0 atom stereocenters. The van der Waals surface area contributed by atoms with E-state index < -0.39 is 0 Å². The van der Waals surface area contributed by atoms with Gasteiger partial charge in [-0.05, 0) is 18.6 Å². The maximum Gasteiger partial charge on any atom is 0.261 e. The van der Waals surface area contributed by atoms with Gasteiger partial charge in [-0.3, -0.25) is 14.5 Å². The van der Waals surface area contributed by atoms with Crippen molar-refractivity contribution in [1.82, 2.24) is 4.90 Å². The monoisotopic (exact) mass is 245 g/mol. The molecule has 0 aliphatic carbocycles. The molecule has 3 rings (SSSR count). The highest BCUT2D eigenvalue weighted by molar-refractivity contribution is 8.03. The van der Waals surface area contributed by atoms with E-state index in [0.29, 0.717) is 17.7 Å². The van der Waals surface area contributed by atoms with Crippen LogP contribution in [0.2, 0.25) is 0 Å². The van der Waals surface area contributed by atoms with E-state index in [4.69, 9.17) is 0 Å².